The van der Waals surface area contributed by atoms with E-state index in [9.17, 15) is 9.59 Å². The molecule has 0 heterocycles. The summed E-state index contributed by atoms with van der Waals surface area (Å²) >= 11 is 11.6. The molecule has 0 saturated carbocycles. The molecule has 2 aromatic carbocycles. The normalized spacial score (nSPS) is 10.1. The molecule has 0 bridgehead atoms. The van der Waals surface area contributed by atoms with Gasteiger partial charge in [-0.3, -0.25) is 9.59 Å². The van der Waals surface area contributed by atoms with Crippen molar-refractivity contribution in [2.45, 2.75) is 0 Å². The van der Waals surface area contributed by atoms with Crippen LogP contribution in [-0.2, 0) is 0 Å². The summed E-state index contributed by atoms with van der Waals surface area (Å²) in [5.41, 5.74) is 0.919. The Labute approximate surface area is 126 Å². The van der Waals surface area contributed by atoms with Gasteiger partial charge in [0.25, 0.3) is 5.91 Å². The Kier molecular flexibility index (Phi) is 4.77. The second kappa shape index (κ2) is 6.55. The number of carbonyl (C=O) groups excluding carboxylic acids is 2. The van der Waals surface area contributed by atoms with Gasteiger partial charge in [-0.25, -0.2) is 0 Å². The second-order valence-corrected chi connectivity index (χ2v) is 5.00. The summed E-state index contributed by atoms with van der Waals surface area (Å²) in [5, 5.41) is 3.60. The van der Waals surface area contributed by atoms with Crippen molar-refractivity contribution in [3.8, 4) is 0 Å². The molecule has 1 amide bonds. The molecule has 5 heteroatoms. The highest BCUT2D eigenvalue weighted by Gasteiger charge is 2.10. The Hall–Kier alpha value is -1.84. The van der Waals surface area contributed by atoms with Gasteiger partial charge in [-0.05, 0) is 36.4 Å². The van der Waals surface area contributed by atoms with Crippen LogP contribution in [0.1, 0.15) is 20.7 Å². The maximum Gasteiger partial charge on any atom is 0.251 e. The molecule has 0 fully saturated rings. The number of rotatable bonds is 4. The molecule has 0 aliphatic carbocycles. The molecular weight excluding hydrogens is 297 g/mol. The van der Waals surface area contributed by atoms with Crippen LogP contribution in [0.4, 0.5) is 0 Å². The molecule has 0 aliphatic heterocycles. The summed E-state index contributed by atoms with van der Waals surface area (Å²) in [6.45, 7) is -0.0815. The number of benzene rings is 2. The Morgan fingerprint density at radius 2 is 1.60 bits per heavy atom. The number of hydrogen-bond acceptors (Lipinski definition) is 2. The zero-order chi connectivity index (χ0) is 14.5. The second-order valence-electron chi connectivity index (χ2n) is 4.12. The van der Waals surface area contributed by atoms with Crippen LogP contribution in [-0.4, -0.2) is 18.2 Å². The van der Waals surface area contributed by atoms with E-state index in [1.165, 1.54) is 0 Å². The van der Waals surface area contributed by atoms with E-state index < -0.39 is 0 Å². The lowest BCUT2D eigenvalue weighted by Crippen LogP contribution is -2.29. The van der Waals surface area contributed by atoms with Crippen LogP contribution >= 0.6 is 23.2 Å². The molecule has 0 spiro atoms. The quantitative estimate of drug-likeness (QED) is 0.877. The highest BCUT2D eigenvalue weighted by Crippen LogP contribution is 2.11. The van der Waals surface area contributed by atoms with Crippen molar-refractivity contribution in [1.82, 2.24) is 5.32 Å². The van der Waals surface area contributed by atoms with Crippen molar-refractivity contribution in [2.75, 3.05) is 6.54 Å². The van der Waals surface area contributed by atoms with E-state index in [0.717, 1.165) is 0 Å². The number of amides is 1. The molecular formula is C15H11Cl2NO2. The highest BCUT2D eigenvalue weighted by atomic mass is 35.5. The minimum absolute atomic E-state index is 0.0815. The molecule has 0 radical (unpaired) electrons. The van der Waals surface area contributed by atoms with Crippen molar-refractivity contribution >= 4 is 34.9 Å². The predicted molar refractivity (Wildman–Crippen MR) is 79.6 cm³/mol. The molecule has 0 unspecified atom stereocenters. The first-order chi connectivity index (χ1) is 9.56. The zero-order valence-corrected chi connectivity index (χ0v) is 11.9. The Bertz CT molecular complexity index is 639. The molecule has 2 rings (SSSR count). The van der Waals surface area contributed by atoms with Gasteiger partial charge in [0, 0.05) is 21.2 Å². The number of nitrogens with one attached hydrogen (secondary N) is 1. The van der Waals surface area contributed by atoms with Gasteiger partial charge in [-0.1, -0.05) is 35.3 Å². The van der Waals surface area contributed by atoms with Crippen LogP contribution in [0.25, 0.3) is 0 Å². The van der Waals surface area contributed by atoms with Crippen molar-refractivity contribution in [3.63, 3.8) is 0 Å². The van der Waals surface area contributed by atoms with Gasteiger partial charge in [-0.15, -0.1) is 0 Å². The maximum atomic E-state index is 11.9. The predicted octanol–water partition coefficient (Wildman–Crippen LogP) is 3.61. The lowest BCUT2D eigenvalue weighted by atomic mass is 10.1. The average molecular weight is 308 g/mol. The number of ketones is 1. The van der Waals surface area contributed by atoms with Crippen LogP contribution in [0.5, 0.6) is 0 Å². The summed E-state index contributed by atoms with van der Waals surface area (Å²) in [5.74, 6) is -0.521. The van der Waals surface area contributed by atoms with Gasteiger partial charge < -0.3 is 5.32 Å². The van der Waals surface area contributed by atoms with Crippen LogP contribution in [0.3, 0.4) is 0 Å². The molecule has 102 valence electrons. The van der Waals surface area contributed by atoms with Gasteiger partial charge in [0.05, 0.1) is 6.54 Å². The maximum absolute atomic E-state index is 11.9. The lowest BCUT2D eigenvalue weighted by molar-refractivity contribution is 0.0904. The van der Waals surface area contributed by atoms with Crippen LogP contribution in [0.15, 0.2) is 48.5 Å². The van der Waals surface area contributed by atoms with Crippen LogP contribution < -0.4 is 5.32 Å². The van der Waals surface area contributed by atoms with Crippen molar-refractivity contribution < 1.29 is 9.59 Å². The summed E-state index contributed by atoms with van der Waals surface area (Å²) in [7, 11) is 0. The Morgan fingerprint density at radius 1 is 0.900 bits per heavy atom. The van der Waals surface area contributed by atoms with Gasteiger partial charge in [-0.2, -0.15) is 0 Å². The number of carbonyl (C=O) groups is 2. The van der Waals surface area contributed by atoms with Crippen LogP contribution in [0.2, 0.25) is 10.0 Å². The third-order valence-electron chi connectivity index (χ3n) is 2.66. The molecule has 0 saturated heterocycles. The topological polar surface area (TPSA) is 46.2 Å². The van der Waals surface area contributed by atoms with Crippen LogP contribution in [0, 0.1) is 0 Å². The van der Waals surface area contributed by atoms with Gasteiger partial charge in [0.2, 0.25) is 0 Å². The number of hydrogen-bond donors (Lipinski definition) is 1. The molecule has 1 N–H and O–H groups in total. The first-order valence-corrected chi connectivity index (χ1v) is 6.64. The van der Waals surface area contributed by atoms with Gasteiger partial charge in [0.1, 0.15) is 0 Å². The van der Waals surface area contributed by atoms with Gasteiger partial charge >= 0.3 is 0 Å². The molecule has 20 heavy (non-hydrogen) atoms. The molecule has 3 nitrogen and oxygen atoms in total. The number of Topliss-reactive ketones (excluding diaryl/α,β-unsaturated/α-hetero) is 1. The summed E-state index contributed by atoms with van der Waals surface area (Å²) in [6, 6.07) is 13.0. The molecule has 0 atom stereocenters. The van der Waals surface area contributed by atoms with E-state index in [1.807, 2.05) is 0 Å². The van der Waals surface area contributed by atoms with E-state index >= 15 is 0 Å². The first-order valence-electron chi connectivity index (χ1n) is 5.89. The van der Waals surface area contributed by atoms with Gasteiger partial charge in [0.15, 0.2) is 5.78 Å². The third-order valence-corrected chi connectivity index (χ3v) is 3.15. The highest BCUT2D eigenvalue weighted by molar-refractivity contribution is 6.31. The molecule has 0 aliphatic rings. The third kappa shape index (κ3) is 3.83. The smallest absolute Gasteiger partial charge is 0.251 e. The van der Waals surface area contributed by atoms with E-state index in [0.29, 0.717) is 21.2 Å². The van der Waals surface area contributed by atoms with E-state index in [-0.39, 0.29) is 18.2 Å². The first kappa shape index (κ1) is 14.6. The standard InChI is InChI=1S/C15H11Cl2NO2/c16-12-6-4-10(5-7-12)15(20)18-9-14(19)11-2-1-3-13(17)8-11/h1-8H,9H2,(H,18,20). The lowest BCUT2D eigenvalue weighted by Gasteiger charge is -2.05. The largest absolute Gasteiger partial charge is 0.345 e. The van der Waals surface area contributed by atoms with Crippen molar-refractivity contribution in [3.05, 3.63) is 69.7 Å². The van der Waals surface area contributed by atoms with E-state index in [4.69, 9.17) is 23.2 Å². The van der Waals surface area contributed by atoms with Crippen molar-refractivity contribution in [2.24, 2.45) is 0 Å². The van der Waals surface area contributed by atoms with E-state index in [2.05, 4.69) is 5.32 Å². The average Bonchev–Trinajstić information content (AvgIpc) is 2.45. The summed E-state index contributed by atoms with van der Waals surface area (Å²) < 4.78 is 0. The molecule has 2 aromatic rings. The number of halogens is 2. The summed E-state index contributed by atoms with van der Waals surface area (Å²) in [6.07, 6.45) is 0. The van der Waals surface area contributed by atoms with Crippen molar-refractivity contribution in [1.29, 1.82) is 0 Å². The fraction of sp³-hybridized carbons (Fsp3) is 0.0667. The zero-order valence-electron chi connectivity index (χ0n) is 10.4. The molecule has 0 aromatic heterocycles. The SMILES string of the molecule is O=C(CNC(=O)c1ccc(Cl)cc1)c1cccc(Cl)c1. The fourth-order valence-corrected chi connectivity index (χ4v) is 1.94. The minimum Gasteiger partial charge on any atom is -0.345 e. The van der Waals surface area contributed by atoms with E-state index in [1.54, 1.807) is 48.5 Å². The monoisotopic (exact) mass is 307 g/mol. The minimum atomic E-state index is -0.322. The Morgan fingerprint density at radius 3 is 2.25 bits per heavy atom. The summed E-state index contributed by atoms with van der Waals surface area (Å²) in [4.78, 5) is 23.7. The fourth-order valence-electron chi connectivity index (χ4n) is 1.63. The Balaban J connectivity index is 1.96.